The maximum absolute atomic E-state index is 12.8. The highest BCUT2D eigenvalue weighted by atomic mass is 16.5. The number of likely N-dealkylation sites (tertiary alicyclic amines) is 1. The van der Waals surface area contributed by atoms with Crippen molar-refractivity contribution in [2.45, 2.75) is 25.8 Å². The number of carbonyl (C=O) groups excluding carboxylic acids is 1. The van der Waals surface area contributed by atoms with Gasteiger partial charge in [0, 0.05) is 44.0 Å². The third-order valence-electron chi connectivity index (χ3n) is 5.64. The first-order valence-electron chi connectivity index (χ1n) is 9.85. The van der Waals surface area contributed by atoms with Crippen LogP contribution in [-0.2, 0) is 4.74 Å². The number of hydrogen-bond donors (Lipinski definition) is 0. The van der Waals surface area contributed by atoms with E-state index < -0.39 is 0 Å². The molecule has 5 heteroatoms. The van der Waals surface area contributed by atoms with Crippen LogP contribution in [0.5, 0.6) is 0 Å². The van der Waals surface area contributed by atoms with Crippen molar-refractivity contribution in [1.82, 2.24) is 14.8 Å². The number of hydrogen-bond acceptors (Lipinski definition) is 4. The molecule has 2 fully saturated rings. The number of aromatic nitrogens is 1. The van der Waals surface area contributed by atoms with Gasteiger partial charge in [-0.15, -0.1) is 0 Å². The van der Waals surface area contributed by atoms with Gasteiger partial charge in [-0.05, 0) is 38.0 Å². The average molecular weight is 365 g/mol. The fourth-order valence-electron chi connectivity index (χ4n) is 4.05. The molecular weight excluding hydrogens is 338 g/mol. The van der Waals surface area contributed by atoms with Crippen molar-refractivity contribution in [3.8, 4) is 11.3 Å². The predicted octanol–water partition coefficient (Wildman–Crippen LogP) is 2.99. The molecule has 27 heavy (non-hydrogen) atoms. The van der Waals surface area contributed by atoms with Gasteiger partial charge in [-0.2, -0.15) is 0 Å². The minimum Gasteiger partial charge on any atom is -0.379 e. The molecule has 142 valence electrons. The highest BCUT2D eigenvalue weighted by molar-refractivity contribution is 5.94. The maximum atomic E-state index is 12.8. The Balaban J connectivity index is 1.37. The Hall–Kier alpha value is -2.24. The van der Waals surface area contributed by atoms with Gasteiger partial charge in [-0.25, -0.2) is 0 Å². The smallest absolute Gasteiger partial charge is 0.255 e. The molecule has 2 saturated heterocycles. The zero-order chi connectivity index (χ0) is 18.6. The number of pyridine rings is 1. The van der Waals surface area contributed by atoms with Crippen molar-refractivity contribution in [2.75, 3.05) is 39.4 Å². The second-order valence-electron chi connectivity index (χ2n) is 7.47. The molecule has 0 aliphatic carbocycles. The van der Waals surface area contributed by atoms with Crippen LogP contribution in [0.4, 0.5) is 0 Å². The van der Waals surface area contributed by atoms with Crippen molar-refractivity contribution < 1.29 is 9.53 Å². The molecule has 2 aliphatic heterocycles. The number of morpholine rings is 1. The second kappa shape index (κ2) is 8.19. The Kier molecular flexibility index (Phi) is 5.50. The van der Waals surface area contributed by atoms with Crippen LogP contribution in [0.25, 0.3) is 11.3 Å². The van der Waals surface area contributed by atoms with E-state index in [1.165, 1.54) is 5.56 Å². The number of nitrogens with zero attached hydrogens (tertiary/aromatic N) is 3. The number of piperidine rings is 1. The summed E-state index contributed by atoms with van der Waals surface area (Å²) in [6.07, 6.45) is 3.80. The SMILES string of the molecule is Cc1cccc(-c2ccc(C(=O)N3CCC(N4CCOCC4)CC3)cn2)c1. The van der Waals surface area contributed by atoms with E-state index in [9.17, 15) is 4.79 Å². The Morgan fingerprint density at radius 3 is 2.52 bits per heavy atom. The van der Waals surface area contributed by atoms with E-state index >= 15 is 0 Å². The van der Waals surface area contributed by atoms with E-state index in [4.69, 9.17) is 4.74 Å². The molecule has 0 bridgehead atoms. The maximum Gasteiger partial charge on any atom is 0.255 e. The average Bonchev–Trinajstić information content (AvgIpc) is 2.74. The molecule has 1 aromatic carbocycles. The van der Waals surface area contributed by atoms with Crippen molar-refractivity contribution in [3.05, 3.63) is 53.7 Å². The molecular formula is C22H27N3O2. The Bertz CT molecular complexity index is 776. The Morgan fingerprint density at radius 1 is 1.07 bits per heavy atom. The molecule has 3 heterocycles. The van der Waals surface area contributed by atoms with Crippen LogP contribution in [0.15, 0.2) is 42.6 Å². The van der Waals surface area contributed by atoms with Crippen LogP contribution in [0.3, 0.4) is 0 Å². The summed E-state index contributed by atoms with van der Waals surface area (Å²) < 4.78 is 5.44. The summed E-state index contributed by atoms with van der Waals surface area (Å²) in [5.41, 5.74) is 3.87. The summed E-state index contributed by atoms with van der Waals surface area (Å²) in [5, 5.41) is 0. The molecule has 1 amide bonds. The van der Waals surface area contributed by atoms with Crippen LogP contribution < -0.4 is 0 Å². The van der Waals surface area contributed by atoms with E-state index in [0.29, 0.717) is 11.6 Å². The van der Waals surface area contributed by atoms with Crippen LogP contribution in [0, 0.1) is 6.92 Å². The molecule has 4 rings (SSSR count). The topological polar surface area (TPSA) is 45.7 Å². The van der Waals surface area contributed by atoms with Gasteiger partial charge in [-0.1, -0.05) is 23.8 Å². The Morgan fingerprint density at radius 2 is 1.85 bits per heavy atom. The van der Waals surface area contributed by atoms with E-state index in [1.807, 2.05) is 29.2 Å². The van der Waals surface area contributed by atoms with Crippen LogP contribution in [-0.4, -0.2) is 66.1 Å². The highest BCUT2D eigenvalue weighted by Crippen LogP contribution is 2.21. The lowest BCUT2D eigenvalue weighted by Gasteiger charge is -2.40. The van der Waals surface area contributed by atoms with Crippen molar-refractivity contribution in [3.63, 3.8) is 0 Å². The molecule has 0 atom stereocenters. The fraction of sp³-hybridized carbons (Fsp3) is 0.455. The summed E-state index contributed by atoms with van der Waals surface area (Å²) in [6.45, 7) is 7.41. The van der Waals surface area contributed by atoms with Crippen LogP contribution in [0.2, 0.25) is 0 Å². The van der Waals surface area contributed by atoms with E-state index in [0.717, 1.165) is 63.5 Å². The van der Waals surface area contributed by atoms with E-state index in [1.54, 1.807) is 6.20 Å². The molecule has 0 spiro atoms. The third-order valence-corrected chi connectivity index (χ3v) is 5.64. The van der Waals surface area contributed by atoms with Gasteiger partial charge < -0.3 is 9.64 Å². The number of amides is 1. The normalized spacial score (nSPS) is 19.2. The quantitative estimate of drug-likeness (QED) is 0.839. The molecule has 2 aromatic rings. The summed E-state index contributed by atoms with van der Waals surface area (Å²) in [5.74, 6) is 0.0960. The lowest BCUT2D eigenvalue weighted by molar-refractivity contribution is 0.00158. The first-order chi connectivity index (χ1) is 13.2. The third kappa shape index (κ3) is 4.20. The summed E-state index contributed by atoms with van der Waals surface area (Å²) >= 11 is 0. The lowest BCUT2D eigenvalue weighted by Crippen LogP contribution is -2.50. The molecule has 0 saturated carbocycles. The minimum absolute atomic E-state index is 0.0960. The van der Waals surface area contributed by atoms with Crippen molar-refractivity contribution in [1.29, 1.82) is 0 Å². The Labute approximate surface area is 161 Å². The number of carbonyl (C=O) groups is 1. The van der Waals surface area contributed by atoms with Gasteiger partial charge in [0.25, 0.3) is 5.91 Å². The summed E-state index contributed by atoms with van der Waals surface area (Å²) in [7, 11) is 0. The zero-order valence-electron chi connectivity index (χ0n) is 15.9. The van der Waals surface area contributed by atoms with Gasteiger partial charge in [0.1, 0.15) is 0 Å². The fourth-order valence-corrected chi connectivity index (χ4v) is 4.05. The van der Waals surface area contributed by atoms with Gasteiger partial charge in [0.05, 0.1) is 24.5 Å². The lowest BCUT2D eigenvalue weighted by atomic mass is 10.0. The molecule has 0 unspecified atom stereocenters. The molecule has 0 radical (unpaired) electrons. The molecule has 1 aromatic heterocycles. The number of rotatable bonds is 3. The standard InChI is InChI=1S/C22H27N3O2/c1-17-3-2-4-18(15-17)21-6-5-19(16-23-21)22(26)25-9-7-20(8-10-25)24-11-13-27-14-12-24/h2-6,15-16,20H,7-14H2,1H3. The molecule has 0 N–H and O–H groups in total. The van der Waals surface area contributed by atoms with E-state index in [-0.39, 0.29) is 5.91 Å². The van der Waals surface area contributed by atoms with Gasteiger partial charge in [0.15, 0.2) is 0 Å². The number of ether oxygens (including phenoxy) is 1. The van der Waals surface area contributed by atoms with Gasteiger partial charge in [-0.3, -0.25) is 14.7 Å². The van der Waals surface area contributed by atoms with Crippen molar-refractivity contribution in [2.24, 2.45) is 0 Å². The first kappa shape index (κ1) is 18.1. The largest absolute Gasteiger partial charge is 0.379 e. The monoisotopic (exact) mass is 365 g/mol. The second-order valence-corrected chi connectivity index (χ2v) is 7.47. The number of benzene rings is 1. The van der Waals surface area contributed by atoms with E-state index in [2.05, 4.69) is 28.9 Å². The number of aryl methyl sites for hydroxylation is 1. The van der Waals surface area contributed by atoms with Crippen LogP contribution in [0.1, 0.15) is 28.8 Å². The van der Waals surface area contributed by atoms with Gasteiger partial charge >= 0.3 is 0 Å². The molecule has 5 nitrogen and oxygen atoms in total. The van der Waals surface area contributed by atoms with Crippen LogP contribution >= 0.6 is 0 Å². The predicted molar refractivity (Wildman–Crippen MR) is 106 cm³/mol. The van der Waals surface area contributed by atoms with Crippen molar-refractivity contribution >= 4 is 5.91 Å². The summed E-state index contributed by atoms with van der Waals surface area (Å²) in [6, 6.07) is 12.7. The summed E-state index contributed by atoms with van der Waals surface area (Å²) in [4.78, 5) is 21.9. The minimum atomic E-state index is 0.0960. The highest BCUT2D eigenvalue weighted by Gasteiger charge is 2.28. The van der Waals surface area contributed by atoms with Gasteiger partial charge in [0.2, 0.25) is 0 Å². The first-order valence-corrected chi connectivity index (χ1v) is 9.85. The zero-order valence-corrected chi connectivity index (χ0v) is 15.9. The molecule has 2 aliphatic rings.